The van der Waals surface area contributed by atoms with E-state index in [1.807, 2.05) is 0 Å². The Kier molecular flexibility index (Phi) is 4.57. The number of benzene rings is 1. The molecule has 0 aliphatic rings. The molecule has 0 saturated heterocycles. The SMILES string of the molecule is Nc1nc(CC(=O)N/N=C/c2ccccc2[N+](=O)[O-])cs1. The largest absolute Gasteiger partial charge is 0.375 e. The lowest BCUT2D eigenvalue weighted by Gasteiger charge is -1.98. The Bertz CT molecular complexity index is 698. The molecule has 2 aromatic rings. The number of rotatable bonds is 5. The molecule has 1 amide bonds. The van der Waals surface area contributed by atoms with Crippen molar-refractivity contribution in [3.05, 3.63) is 51.0 Å². The summed E-state index contributed by atoms with van der Waals surface area (Å²) in [5.74, 6) is -0.380. The van der Waals surface area contributed by atoms with Crippen LogP contribution in [0.15, 0.2) is 34.7 Å². The fraction of sp³-hybridized carbons (Fsp3) is 0.0833. The molecule has 0 bridgehead atoms. The summed E-state index contributed by atoms with van der Waals surface area (Å²) >= 11 is 1.25. The van der Waals surface area contributed by atoms with Crippen molar-refractivity contribution in [3.8, 4) is 0 Å². The molecule has 21 heavy (non-hydrogen) atoms. The molecule has 0 aliphatic carbocycles. The van der Waals surface area contributed by atoms with Crippen molar-refractivity contribution < 1.29 is 9.72 Å². The van der Waals surface area contributed by atoms with Crippen molar-refractivity contribution in [1.29, 1.82) is 0 Å². The number of carbonyl (C=O) groups is 1. The lowest BCUT2D eigenvalue weighted by molar-refractivity contribution is -0.385. The Morgan fingerprint density at radius 2 is 2.29 bits per heavy atom. The Morgan fingerprint density at radius 3 is 2.95 bits per heavy atom. The average Bonchev–Trinajstić information content (AvgIpc) is 2.84. The van der Waals surface area contributed by atoms with Crippen molar-refractivity contribution >= 4 is 34.3 Å². The first-order valence-corrected chi connectivity index (χ1v) is 6.69. The zero-order valence-corrected chi connectivity index (χ0v) is 11.5. The highest BCUT2D eigenvalue weighted by Gasteiger charge is 2.10. The summed E-state index contributed by atoms with van der Waals surface area (Å²) in [6.07, 6.45) is 1.27. The second-order valence-corrected chi connectivity index (χ2v) is 4.85. The minimum atomic E-state index is -0.513. The maximum Gasteiger partial charge on any atom is 0.278 e. The summed E-state index contributed by atoms with van der Waals surface area (Å²) in [7, 11) is 0. The monoisotopic (exact) mass is 305 g/mol. The number of thiazole rings is 1. The van der Waals surface area contributed by atoms with Gasteiger partial charge in [0, 0.05) is 11.4 Å². The number of aromatic nitrogens is 1. The van der Waals surface area contributed by atoms with Gasteiger partial charge in [0.05, 0.1) is 28.8 Å². The number of hydrogen-bond acceptors (Lipinski definition) is 7. The number of amides is 1. The van der Waals surface area contributed by atoms with Gasteiger partial charge in [-0.2, -0.15) is 5.10 Å². The number of anilines is 1. The van der Waals surface area contributed by atoms with Crippen LogP contribution in [0.25, 0.3) is 0 Å². The molecule has 0 atom stereocenters. The van der Waals surface area contributed by atoms with Gasteiger partial charge in [-0.05, 0) is 6.07 Å². The highest BCUT2D eigenvalue weighted by molar-refractivity contribution is 7.13. The molecule has 3 N–H and O–H groups in total. The number of para-hydroxylation sites is 1. The van der Waals surface area contributed by atoms with E-state index in [1.165, 1.54) is 29.7 Å². The molecular weight excluding hydrogens is 294 g/mol. The van der Waals surface area contributed by atoms with Crippen molar-refractivity contribution in [1.82, 2.24) is 10.4 Å². The summed E-state index contributed by atoms with van der Waals surface area (Å²) in [5.41, 5.74) is 8.52. The number of nitrogens with zero attached hydrogens (tertiary/aromatic N) is 3. The van der Waals surface area contributed by atoms with E-state index in [0.717, 1.165) is 0 Å². The summed E-state index contributed by atoms with van der Waals surface area (Å²) in [6.45, 7) is 0. The highest BCUT2D eigenvalue weighted by atomic mass is 32.1. The van der Waals surface area contributed by atoms with Gasteiger partial charge in [0.15, 0.2) is 5.13 Å². The summed E-state index contributed by atoms with van der Waals surface area (Å²) < 4.78 is 0. The van der Waals surface area contributed by atoms with Crippen molar-refractivity contribution in [3.63, 3.8) is 0 Å². The van der Waals surface area contributed by atoms with Crippen LogP contribution in [0.4, 0.5) is 10.8 Å². The number of hydrogen-bond donors (Lipinski definition) is 2. The normalized spacial score (nSPS) is 10.7. The van der Waals surface area contributed by atoms with Crippen LogP contribution in [0, 0.1) is 10.1 Å². The van der Waals surface area contributed by atoms with Crippen molar-refractivity contribution in [2.75, 3.05) is 5.73 Å². The van der Waals surface area contributed by atoms with Crippen molar-refractivity contribution in [2.45, 2.75) is 6.42 Å². The topological polar surface area (TPSA) is 124 Å². The van der Waals surface area contributed by atoms with E-state index in [0.29, 0.717) is 16.4 Å². The van der Waals surface area contributed by atoms with Crippen molar-refractivity contribution in [2.24, 2.45) is 5.10 Å². The molecular formula is C12H11N5O3S. The average molecular weight is 305 g/mol. The van der Waals surface area contributed by atoms with Crippen LogP contribution in [-0.4, -0.2) is 22.0 Å². The number of nitrogens with two attached hydrogens (primary N) is 1. The molecule has 1 aromatic heterocycles. The third-order valence-electron chi connectivity index (χ3n) is 2.44. The maximum absolute atomic E-state index is 11.6. The highest BCUT2D eigenvalue weighted by Crippen LogP contribution is 2.15. The van der Waals surface area contributed by atoms with Crippen LogP contribution in [0.1, 0.15) is 11.3 Å². The molecule has 1 heterocycles. The third-order valence-corrected chi connectivity index (χ3v) is 3.16. The number of nitro groups is 1. The Hall–Kier alpha value is -2.81. The minimum absolute atomic E-state index is 0.0436. The molecule has 0 saturated carbocycles. The lowest BCUT2D eigenvalue weighted by Crippen LogP contribution is -2.20. The second-order valence-electron chi connectivity index (χ2n) is 3.96. The number of carbonyl (C=O) groups excluding carboxylic acids is 1. The van der Waals surface area contributed by atoms with Crippen LogP contribution in [0.3, 0.4) is 0 Å². The molecule has 0 radical (unpaired) electrons. The van der Waals surface area contributed by atoms with Crippen LogP contribution < -0.4 is 11.2 Å². The van der Waals surface area contributed by atoms with Gasteiger partial charge in [0.2, 0.25) is 5.91 Å². The summed E-state index contributed by atoms with van der Waals surface area (Å²) in [5, 5.41) is 16.6. The van der Waals surface area contributed by atoms with Crippen LogP contribution in [0.2, 0.25) is 0 Å². The van der Waals surface area contributed by atoms with E-state index < -0.39 is 4.92 Å². The molecule has 108 valence electrons. The molecule has 1 aromatic carbocycles. The van der Waals surface area contributed by atoms with Gasteiger partial charge in [0.1, 0.15) is 0 Å². The van der Waals surface area contributed by atoms with E-state index in [-0.39, 0.29) is 18.0 Å². The van der Waals surface area contributed by atoms with Crippen LogP contribution in [0.5, 0.6) is 0 Å². The molecule has 8 nitrogen and oxygen atoms in total. The van der Waals surface area contributed by atoms with E-state index in [2.05, 4.69) is 15.5 Å². The molecule has 0 fully saturated rings. The minimum Gasteiger partial charge on any atom is -0.375 e. The quantitative estimate of drug-likeness (QED) is 0.490. The van der Waals surface area contributed by atoms with E-state index in [4.69, 9.17) is 5.73 Å². The van der Waals surface area contributed by atoms with Gasteiger partial charge in [-0.25, -0.2) is 10.4 Å². The van der Waals surface area contributed by atoms with Gasteiger partial charge < -0.3 is 5.73 Å². The zero-order chi connectivity index (χ0) is 15.2. The molecule has 0 spiro atoms. The summed E-state index contributed by atoms with van der Waals surface area (Å²) in [6, 6.07) is 6.10. The van der Waals surface area contributed by atoms with E-state index in [1.54, 1.807) is 17.5 Å². The number of nitrogen functional groups attached to an aromatic ring is 1. The lowest BCUT2D eigenvalue weighted by atomic mass is 10.2. The Labute approximate surface area is 123 Å². The maximum atomic E-state index is 11.6. The number of hydrazone groups is 1. The first-order valence-electron chi connectivity index (χ1n) is 5.81. The van der Waals surface area contributed by atoms with Gasteiger partial charge >= 0.3 is 0 Å². The third kappa shape index (κ3) is 4.08. The standard InChI is InChI=1S/C12H11N5O3S/c13-12-15-9(7-21-12)5-11(18)16-14-6-8-3-1-2-4-10(8)17(19)20/h1-4,6-7H,5H2,(H2,13,15)(H,16,18)/b14-6+. The van der Waals surface area contributed by atoms with Gasteiger partial charge in [-0.1, -0.05) is 12.1 Å². The molecule has 2 rings (SSSR count). The summed E-state index contributed by atoms with van der Waals surface area (Å²) in [4.78, 5) is 25.8. The second kappa shape index (κ2) is 6.57. The first kappa shape index (κ1) is 14.6. The first-order chi connectivity index (χ1) is 10.1. The van der Waals surface area contributed by atoms with Gasteiger partial charge in [-0.15, -0.1) is 11.3 Å². The molecule has 0 aliphatic heterocycles. The fourth-order valence-electron chi connectivity index (χ4n) is 1.54. The van der Waals surface area contributed by atoms with Crippen LogP contribution >= 0.6 is 11.3 Å². The van der Waals surface area contributed by atoms with Gasteiger partial charge in [0.25, 0.3) is 5.69 Å². The van der Waals surface area contributed by atoms with E-state index >= 15 is 0 Å². The molecule has 0 unspecified atom stereocenters. The van der Waals surface area contributed by atoms with Gasteiger partial charge in [-0.3, -0.25) is 14.9 Å². The number of nitrogens with one attached hydrogen (secondary N) is 1. The Morgan fingerprint density at radius 1 is 1.52 bits per heavy atom. The Balaban J connectivity index is 1.96. The predicted octanol–water partition coefficient (Wildman–Crippen LogP) is 1.33. The van der Waals surface area contributed by atoms with E-state index in [9.17, 15) is 14.9 Å². The molecule has 9 heteroatoms. The fourth-order valence-corrected chi connectivity index (χ4v) is 2.11. The van der Waals surface area contributed by atoms with Crippen LogP contribution in [-0.2, 0) is 11.2 Å². The zero-order valence-electron chi connectivity index (χ0n) is 10.7. The smallest absolute Gasteiger partial charge is 0.278 e. The number of nitro benzene ring substituents is 1. The predicted molar refractivity (Wildman–Crippen MR) is 79.1 cm³/mol.